The van der Waals surface area contributed by atoms with Crippen molar-refractivity contribution < 1.29 is 9.53 Å². The Bertz CT molecular complexity index is 651. The third kappa shape index (κ3) is 2.44. The highest BCUT2D eigenvalue weighted by molar-refractivity contribution is 9.10. The van der Waals surface area contributed by atoms with E-state index in [0.29, 0.717) is 0 Å². The van der Waals surface area contributed by atoms with Gasteiger partial charge in [0.2, 0.25) is 5.91 Å². The van der Waals surface area contributed by atoms with Gasteiger partial charge in [-0.05, 0) is 36.8 Å². The zero-order chi connectivity index (χ0) is 15.0. The van der Waals surface area contributed by atoms with Crippen molar-refractivity contribution in [1.82, 2.24) is 0 Å². The molecule has 0 spiro atoms. The number of halogens is 1. The number of alkyl halides is 1. The van der Waals surface area contributed by atoms with E-state index in [-0.39, 0.29) is 16.8 Å². The molecule has 2 aromatic carbocycles. The molecule has 0 unspecified atom stereocenters. The van der Waals surface area contributed by atoms with E-state index in [1.54, 1.807) is 7.11 Å². The second-order valence-corrected chi connectivity index (χ2v) is 6.15. The lowest BCUT2D eigenvalue weighted by Gasteiger charge is -2.45. The van der Waals surface area contributed by atoms with Gasteiger partial charge >= 0.3 is 0 Å². The van der Waals surface area contributed by atoms with Gasteiger partial charge in [-0.15, -0.1) is 0 Å². The zero-order valence-electron chi connectivity index (χ0n) is 11.9. The van der Waals surface area contributed by atoms with Crippen LogP contribution in [0.5, 0.6) is 5.75 Å². The molecular weight excluding hydrogens is 330 g/mol. The van der Waals surface area contributed by atoms with E-state index in [0.717, 1.165) is 17.0 Å². The summed E-state index contributed by atoms with van der Waals surface area (Å²) in [7, 11) is 1.63. The number of rotatable bonds is 3. The summed E-state index contributed by atoms with van der Waals surface area (Å²) in [5.74, 6) is 0.875. The van der Waals surface area contributed by atoms with Crippen LogP contribution < -0.4 is 9.64 Å². The van der Waals surface area contributed by atoms with E-state index in [4.69, 9.17) is 4.74 Å². The lowest BCUT2D eigenvalue weighted by molar-refractivity contribution is -0.123. The lowest BCUT2D eigenvalue weighted by atomic mass is 9.92. The van der Waals surface area contributed by atoms with Crippen molar-refractivity contribution in [3.63, 3.8) is 0 Å². The van der Waals surface area contributed by atoms with Crippen LogP contribution in [-0.2, 0) is 4.79 Å². The molecule has 3 rings (SSSR count). The van der Waals surface area contributed by atoms with Crippen LogP contribution in [-0.4, -0.2) is 17.8 Å². The Morgan fingerprint density at radius 2 is 1.67 bits per heavy atom. The van der Waals surface area contributed by atoms with Gasteiger partial charge in [0.05, 0.1) is 13.2 Å². The molecule has 0 aromatic heterocycles. The number of ether oxygens (including phenoxy) is 1. The number of anilines is 1. The predicted molar refractivity (Wildman–Crippen MR) is 87.1 cm³/mol. The number of methoxy groups -OCH3 is 1. The first-order valence-corrected chi connectivity index (χ1v) is 7.71. The Hall–Kier alpha value is -1.81. The van der Waals surface area contributed by atoms with Crippen molar-refractivity contribution >= 4 is 27.5 Å². The lowest BCUT2D eigenvalue weighted by Crippen LogP contribution is -2.56. The van der Waals surface area contributed by atoms with Crippen LogP contribution in [0.2, 0.25) is 0 Å². The third-order valence-corrected chi connectivity index (χ3v) is 4.69. The number of amides is 1. The number of hydrogen-bond donors (Lipinski definition) is 0. The average molecular weight is 346 g/mol. The smallest absolute Gasteiger partial charge is 0.243 e. The summed E-state index contributed by atoms with van der Waals surface area (Å²) in [6, 6.07) is 15.9. The molecule has 4 heteroatoms. The summed E-state index contributed by atoms with van der Waals surface area (Å²) in [5, 5.41) is 0. The zero-order valence-corrected chi connectivity index (χ0v) is 13.5. The Balaban J connectivity index is 1.92. The second kappa shape index (κ2) is 5.53. The van der Waals surface area contributed by atoms with Gasteiger partial charge in [-0.1, -0.05) is 45.8 Å². The maximum Gasteiger partial charge on any atom is 0.243 e. The van der Waals surface area contributed by atoms with Gasteiger partial charge in [-0.3, -0.25) is 4.79 Å². The Labute approximate surface area is 132 Å². The van der Waals surface area contributed by atoms with Gasteiger partial charge in [-0.2, -0.15) is 0 Å². The van der Waals surface area contributed by atoms with Crippen molar-refractivity contribution in [2.45, 2.75) is 17.8 Å². The maximum atomic E-state index is 12.2. The Morgan fingerprint density at radius 3 is 2.24 bits per heavy atom. The second-order valence-electron chi connectivity index (χ2n) is 5.16. The molecule has 1 aliphatic heterocycles. The van der Waals surface area contributed by atoms with E-state index in [1.807, 2.05) is 29.2 Å². The number of carbonyl (C=O) groups excluding carboxylic acids is 1. The van der Waals surface area contributed by atoms with E-state index in [2.05, 4.69) is 47.1 Å². The van der Waals surface area contributed by atoms with Crippen LogP contribution in [0.4, 0.5) is 5.69 Å². The van der Waals surface area contributed by atoms with Crippen molar-refractivity contribution in [1.29, 1.82) is 0 Å². The van der Waals surface area contributed by atoms with Crippen molar-refractivity contribution in [3.05, 3.63) is 59.7 Å². The van der Waals surface area contributed by atoms with Crippen molar-refractivity contribution in [3.8, 4) is 5.75 Å². The summed E-state index contributed by atoms with van der Waals surface area (Å²) < 4.78 is 5.16. The van der Waals surface area contributed by atoms with Crippen LogP contribution in [0.3, 0.4) is 0 Å². The molecule has 0 saturated carbocycles. The van der Waals surface area contributed by atoms with Gasteiger partial charge < -0.3 is 9.64 Å². The topological polar surface area (TPSA) is 29.5 Å². The van der Waals surface area contributed by atoms with E-state index >= 15 is 0 Å². The number of β-lactam (4-membered cyclic amide) rings is 1. The summed E-state index contributed by atoms with van der Waals surface area (Å²) in [4.78, 5) is 13.9. The Kier molecular flexibility index (Phi) is 3.72. The van der Waals surface area contributed by atoms with Gasteiger partial charge in [0, 0.05) is 5.69 Å². The number of carbonyl (C=O) groups is 1. The molecule has 2 atom stereocenters. The molecular formula is C17H16BrNO2. The van der Waals surface area contributed by atoms with Gasteiger partial charge in [0.25, 0.3) is 0 Å². The molecule has 0 radical (unpaired) electrons. The van der Waals surface area contributed by atoms with Crippen LogP contribution in [0.1, 0.15) is 17.2 Å². The highest BCUT2D eigenvalue weighted by atomic mass is 79.9. The number of hydrogen-bond acceptors (Lipinski definition) is 2. The normalized spacial score (nSPS) is 21.1. The standard InChI is InChI=1S/C17H16BrNO2/c1-11-3-5-12(6-4-11)16-15(18)17(20)19(16)13-7-9-14(21-2)10-8-13/h3-10,15-16H,1-2H3/t15-,16+/m0/s1. The van der Waals surface area contributed by atoms with Crippen LogP contribution >= 0.6 is 15.9 Å². The minimum absolute atomic E-state index is 0.0338. The fourth-order valence-corrected chi connectivity index (χ4v) is 3.33. The molecule has 3 nitrogen and oxygen atoms in total. The molecule has 2 aromatic rings. The minimum atomic E-state index is -0.165. The molecule has 21 heavy (non-hydrogen) atoms. The van der Waals surface area contributed by atoms with E-state index < -0.39 is 0 Å². The molecule has 1 heterocycles. The average Bonchev–Trinajstić information content (AvgIpc) is 2.53. The maximum absolute atomic E-state index is 12.2. The number of aryl methyl sites for hydroxylation is 1. The number of nitrogens with zero attached hydrogens (tertiary/aromatic N) is 1. The largest absolute Gasteiger partial charge is 0.497 e. The molecule has 1 amide bonds. The summed E-state index contributed by atoms with van der Waals surface area (Å²) in [6.45, 7) is 2.06. The molecule has 108 valence electrons. The quantitative estimate of drug-likeness (QED) is 0.624. The highest BCUT2D eigenvalue weighted by Gasteiger charge is 2.47. The first-order valence-electron chi connectivity index (χ1n) is 6.79. The summed E-state index contributed by atoms with van der Waals surface area (Å²) in [5.41, 5.74) is 3.24. The summed E-state index contributed by atoms with van der Waals surface area (Å²) >= 11 is 3.50. The van der Waals surface area contributed by atoms with Gasteiger partial charge in [0.15, 0.2) is 0 Å². The summed E-state index contributed by atoms with van der Waals surface area (Å²) in [6.07, 6.45) is 0. The third-order valence-electron chi connectivity index (χ3n) is 3.80. The molecule has 0 aliphatic carbocycles. The van der Waals surface area contributed by atoms with Crippen LogP contribution in [0, 0.1) is 6.92 Å². The molecule has 0 N–H and O–H groups in total. The predicted octanol–water partition coefficient (Wildman–Crippen LogP) is 3.86. The molecule has 1 fully saturated rings. The van der Waals surface area contributed by atoms with E-state index in [9.17, 15) is 4.79 Å². The van der Waals surface area contributed by atoms with Crippen molar-refractivity contribution in [2.24, 2.45) is 0 Å². The minimum Gasteiger partial charge on any atom is -0.497 e. The molecule has 0 bridgehead atoms. The molecule has 1 aliphatic rings. The van der Waals surface area contributed by atoms with Gasteiger partial charge in [-0.25, -0.2) is 0 Å². The van der Waals surface area contributed by atoms with E-state index in [1.165, 1.54) is 5.56 Å². The Morgan fingerprint density at radius 1 is 1.05 bits per heavy atom. The number of benzene rings is 2. The first kappa shape index (κ1) is 14.1. The van der Waals surface area contributed by atoms with Gasteiger partial charge in [0.1, 0.15) is 10.6 Å². The van der Waals surface area contributed by atoms with Crippen molar-refractivity contribution in [2.75, 3.05) is 12.0 Å². The monoisotopic (exact) mass is 345 g/mol. The van der Waals surface area contributed by atoms with Crippen LogP contribution in [0.15, 0.2) is 48.5 Å². The molecule has 1 saturated heterocycles. The fourth-order valence-electron chi connectivity index (χ4n) is 2.57. The highest BCUT2D eigenvalue weighted by Crippen LogP contribution is 2.43. The van der Waals surface area contributed by atoms with Crippen LogP contribution in [0.25, 0.3) is 0 Å². The first-order chi connectivity index (χ1) is 10.1. The fraction of sp³-hybridized carbons (Fsp3) is 0.235. The SMILES string of the molecule is COc1ccc(N2C(=O)[C@@H](Br)[C@H]2c2ccc(C)cc2)cc1.